The van der Waals surface area contributed by atoms with Crippen LogP contribution in [0.1, 0.15) is 5.56 Å². The molecule has 5 nitrogen and oxygen atoms in total. The summed E-state index contributed by atoms with van der Waals surface area (Å²) in [6, 6.07) is 7.47. The number of hydrogen-bond donors (Lipinski definition) is 2. The lowest BCUT2D eigenvalue weighted by atomic mass is 10.2. The predicted octanol–water partition coefficient (Wildman–Crippen LogP) is 2.13. The van der Waals surface area contributed by atoms with Crippen molar-refractivity contribution in [2.45, 2.75) is 0 Å². The summed E-state index contributed by atoms with van der Waals surface area (Å²) < 4.78 is 4.42. The largest absolute Gasteiger partial charge is 0.512 e. The fourth-order valence-electron chi connectivity index (χ4n) is 1.20. The summed E-state index contributed by atoms with van der Waals surface area (Å²) in [5.41, 5.74) is 4.44. The Kier molecular flexibility index (Phi) is 2.37. The molecule has 1 aromatic rings. The molecule has 0 saturated carbocycles. The molecule has 0 aromatic heterocycles. The van der Waals surface area contributed by atoms with Crippen molar-refractivity contribution < 1.29 is 14.6 Å². The smallest absolute Gasteiger partial charge is 0.449 e. The molecule has 0 aliphatic carbocycles. The molecule has 0 radical (unpaired) electrons. The molecule has 15 heavy (non-hydrogen) atoms. The fraction of sp³-hybridized carbons (Fsp3) is 0. The minimum absolute atomic E-state index is 0.0127. The van der Waals surface area contributed by atoms with Crippen LogP contribution in [0.4, 0.5) is 10.5 Å². The number of anilines is 1. The highest BCUT2D eigenvalue weighted by molar-refractivity contribution is 5.98. The molecule has 1 aromatic carbocycles. The molecule has 1 aliphatic rings. The average Bonchev–Trinajstić information content (AvgIpc) is 2.41. The molecule has 2 rings (SSSR count). The van der Waals surface area contributed by atoms with E-state index in [-0.39, 0.29) is 5.90 Å². The Morgan fingerprint density at radius 3 is 2.93 bits per heavy atom. The SMILES string of the molecule is O=C(O)OC1=NNc2ccccc2C=C1. The van der Waals surface area contributed by atoms with Gasteiger partial charge in [0.25, 0.3) is 0 Å². The summed E-state index contributed by atoms with van der Waals surface area (Å²) in [6.45, 7) is 0. The Morgan fingerprint density at radius 1 is 1.33 bits per heavy atom. The Bertz CT molecular complexity index is 452. The first-order valence-corrected chi connectivity index (χ1v) is 4.27. The van der Waals surface area contributed by atoms with Crippen LogP contribution >= 0.6 is 0 Å². The third-order valence-corrected chi connectivity index (χ3v) is 1.84. The molecular formula is C10H8N2O3. The Balaban J connectivity index is 2.25. The van der Waals surface area contributed by atoms with Gasteiger partial charge in [0.05, 0.1) is 5.69 Å². The fourth-order valence-corrected chi connectivity index (χ4v) is 1.20. The minimum Gasteiger partial charge on any atom is -0.449 e. The standard InChI is InChI=1S/C10H8N2O3/c13-10(14)15-9-6-5-7-3-1-2-4-8(7)11-12-9/h1-6,11H,(H,13,14). The second kappa shape index (κ2) is 3.83. The third-order valence-electron chi connectivity index (χ3n) is 1.84. The van der Waals surface area contributed by atoms with Crippen LogP contribution in [0.25, 0.3) is 6.08 Å². The van der Waals surface area contributed by atoms with E-state index < -0.39 is 6.16 Å². The van der Waals surface area contributed by atoms with E-state index in [9.17, 15) is 4.79 Å². The number of benzene rings is 1. The molecule has 0 fully saturated rings. The van der Waals surface area contributed by atoms with Crippen LogP contribution in [0.15, 0.2) is 35.4 Å². The van der Waals surface area contributed by atoms with Crippen LogP contribution in [0.2, 0.25) is 0 Å². The lowest BCUT2D eigenvalue weighted by Gasteiger charge is -2.01. The van der Waals surface area contributed by atoms with Crippen LogP contribution < -0.4 is 5.43 Å². The molecule has 0 saturated heterocycles. The molecule has 0 spiro atoms. The highest BCUT2D eigenvalue weighted by Gasteiger charge is 2.07. The normalized spacial score (nSPS) is 13.2. The van der Waals surface area contributed by atoms with E-state index in [1.807, 2.05) is 24.3 Å². The molecule has 0 unspecified atom stereocenters. The molecule has 1 heterocycles. The first-order chi connectivity index (χ1) is 7.25. The summed E-state index contributed by atoms with van der Waals surface area (Å²) in [4.78, 5) is 10.3. The zero-order valence-electron chi connectivity index (χ0n) is 7.68. The van der Waals surface area contributed by atoms with Crippen LogP contribution in [-0.4, -0.2) is 17.2 Å². The van der Waals surface area contributed by atoms with Crippen molar-refractivity contribution >= 4 is 23.8 Å². The van der Waals surface area contributed by atoms with E-state index in [4.69, 9.17) is 5.11 Å². The van der Waals surface area contributed by atoms with Crippen LogP contribution in [0.3, 0.4) is 0 Å². The molecule has 0 bridgehead atoms. The Hall–Kier alpha value is -2.30. The van der Waals surface area contributed by atoms with Gasteiger partial charge < -0.3 is 9.84 Å². The topological polar surface area (TPSA) is 70.9 Å². The molecule has 0 atom stereocenters. The van der Waals surface area contributed by atoms with Crippen molar-refractivity contribution in [1.29, 1.82) is 0 Å². The second-order valence-corrected chi connectivity index (χ2v) is 2.85. The molecular weight excluding hydrogens is 196 g/mol. The third kappa shape index (κ3) is 2.14. The van der Waals surface area contributed by atoms with Crippen LogP contribution in [0.5, 0.6) is 0 Å². The number of carboxylic acid groups (broad SMARTS) is 1. The lowest BCUT2D eigenvalue weighted by Crippen LogP contribution is -2.08. The summed E-state index contributed by atoms with van der Waals surface area (Å²) in [6.07, 6.45) is 1.84. The Morgan fingerprint density at radius 2 is 2.13 bits per heavy atom. The molecule has 5 heteroatoms. The highest BCUT2D eigenvalue weighted by Crippen LogP contribution is 2.18. The highest BCUT2D eigenvalue weighted by atomic mass is 16.7. The summed E-state index contributed by atoms with van der Waals surface area (Å²) in [7, 11) is 0. The number of hydrazone groups is 1. The second-order valence-electron chi connectivity index (χ2n) is 2.85. The van der Waals surface area contributed by atoms with Crippen LogP contribution in [-0.2, 0) is 4.74 Å². The number of ether oxygens (including phenoxy) is 1. The van der Waals surface area contributed by atoms with Crippen molar-refractivity contribution in [1.82, 2.24) is 0 Å². The van der Waals surface area contributed by atoms with Gasteiger partial charge in [-0.25, -0.2) is 4.79 Å². The zero-order valence-corrected chi connectivity index (χ0v) is 7.68. The van der Waals surface area contributed by atoms with Gasteiger partial charge in [0.2, 0.25) is 5.90 Å². The van der Waals surface area contributed by atoms with Gasteiger partial charge in [-0.3, -0.25) is 5.43 Å². The van der Waals surface area contributed by atoms with Gasteiger partial charge in [-0.2, -0.15) is 0 Å². The van der Waals surface area contributed by atoms with Gasteiger partial charge in [0.1, 0.15) is 0 Å². The van der Waals surface area contributed by atoms with E-state index in [1.165, 1.54) is 6.08 Å². The van der Waals surface area contributed by atoms with Gasteiger partial charge in [0, 0.05) is 6.08 Å². The van der Waals surface area contributed by atoms with E-state index in [0.717, 1.165) is 11.3 Å². The number of rotatable bonds is 0. The Labute approximate surface area is 85.7 Å². The molecule has 1 aliphatic heterocycles. The number of fused-ring (bicyclic) bond motifs is 1. The van der Waals surface area contributed by atoms with Gasteiger partial charge in [0.15, 0.2) is 0 Å². The average molecular weight is 204 g/mol. The molecule has 76 valence electrons. The number of nitrogens with zero attached hydrogens (tertiary/aromatic N) is 1. The zero-order chi connectivity index (χ0) is 10.7. The van der Waals surface area contributed by atoms with Crippen molar-refractivity contribution in [3.8, 4) is 0 Å². The van der Waals surface area contributed by atoms with E-state index in [0.29, 0.717) is 0 Å². The number of hydrogen-bond acceptors (Lipinski definition) is 4. The molecule has 0 amide bonds. The van der Waals surface area contributed by atoms with E-state index in [1.54, 1.807) is 6.08 Å². The lowest BCUT2D eigenvalue weighted by molar-refractivity contribution is 0.141. The van der Waals surface area contributed by atoms with Crippen molar-refractivity contribution in [3.63, 3.8) is 0 Å². The van der Waals surface area contributed by atoms with Gasteiger partial charge in [-0.1, -0.05) is 18.2 Å². The molecule has 2 N–H and O–H groups in total. The first kappa shape index (κ1) is 9.26. The maximum Gasteiger partial charge on any atom is 0.512 e. The number of nitrogens with one attached hydrogen (secondary N) is 1. The van der Waals surface area contributed by atoms with Crippen LogP contribution in [0, 0.1) is 0 Å². The van der Waals surface area contributed by atoms with Crippen molar-refractivity contribution in [2.24, 2.45) is 5.10 Å². The van der Waals surface area contributed by atoms with Gasteiger partial charge in [-0.05, 0) is 17.7 Å². The summed E-state index contributed by atoms with van der Waals surface area (Å²) in [5.74, 6) is 0.0127. The summed E-state index contributed by atoms with van der Waals surface area (Å²) in [5, 5.41) is 12.2. The van der Waals surface area contributed by atoms with Crippen molar-refractivity contribution in [3.05, 3.63) is 35.9 Å². The first-order valence-electron chi connectivity index (χ1n) is 4.27. The maximum absolute atomic E-state index is 10.3. The summed E-state index contributed by atoms with van der Waals surface area (Å²) >= 11 is 0. The number of para-hydroxylation sites is 1. The van der Waals surface area contributed by atoms with Crippen molar-refractivity contribution in [2.75, 3.05) is 5.43 Å². The van der Waals surface area contributed by atoms with Gasteiger partial charge >= 0.3 is 6.16 Å². The number of carbonyl (C=O) groups is 1. The minimum atomic E-state index is -1.38. The monoisotopic (exact) mass is 204 g/mol. The van der Waals surface area contributed by atoms with E-state index in [2.05, 4.69) is 15.3 Å². The quantitative estimate of drug-likeness (QED) is 0.635. The van der Waals surface area contributed by atoms with Gasteiger partial charge in [-0.15, -0.1) is 5.10 Å². The maximum atomic E-state index is 10.3. The van der Waals surface area contributed by atoms with E-state index >= 15 is 0 Å². The predicted molar refractivity (Wildman–Crippen MR) is 55.6 cm³/mol.